The minimum absolute atomic E-state index is 0.134. The van der Waals surface area contributed by atoms with Crippen LogP contribution in [-0.2, 0) is 10.2 Å². The molecule has 0 aliphatic carbocycles. The first-order valence-corrected chi connectivity index (χ1v) is 7.84. The third-order valence-corrected chi connectivity index (χ3v) is 4.84. The summed E-state index contributed by atoms with van der Waals surface area (Å²) in [5, 5.41) is 4.02. The first kappa shape index (κ1) is 14.3. The molecular weight excluding hydrogens is 291 g/mol. The number of rotatable bonds is 3. The Kier molecular flexibility index (Phi) is 3.57. The molecule has 1 atom stereocenters. The highest BCUT2D eigenvalue weighted by Gasteiger charge is 2.35. The van der Waals surface area contributed by atoms with Gasteiger partial charge in [0.1, 0.15) is 11.7 Å². The fourth-order valence-electron chi connectivity index (χ4n) is 2.31. The van der Waals surface area contributed by atoms with Gasteiger partial charge in [-0.1, -0.05) is 17.3 Å². The average molecular weight is 306 g/mol. The lowest BCUT2D eigenvalue weighted by atomic mass is 9.84. The molecule has 21 heavy (non-hydrogen) atoms. The maximum absolute atomic E-state index is 13.0. The molecule has 1 fully saturated rings. The average Bonchev–Trinajstić information content (AvgIpc) is 3.07. The molecule has 0 amide bonds. The van der Waals surface area contributed by atoms with Crippen molar-refractivity contribution in [2.75, 3.05) is 11.5 Å². The van der Waals surface area contributed by atoms with Crippen LogP contribution in [0, 0.1) is 5.82 Å². The molecule has 1 aliphatic heterocycles. The summed E-state index contributed by atoms with van der Waals surface area (Å²) >= 11 is 1.58. The van der Waals surface area contributed by atoms with Gasteiger partial charge in [0.25, 0.3) is 0 Å². The smallest absolute Gasteiger partial charge is 0.238 e. The first-order valence-electron chi connectivity index (χ1n) is 6.69. The first-order chi connectivity index (χ1) is 9.98. The molecule has 0 saturated carbocycles. The molecule has 1 aromatic heterocycles. The van der Waals surface area contributed by atoms with Gasteiger partial charge in [-0.05, 0) is 31.5 Å². The van der Waals surface area contributed by atoms with E-state index in [9.17, 15) is 9.18 Å². The quantitative estimate of drug-likeness (QED) is 0.872. The summed E-state index contributed by atoms with van der Waals surface area (Å²) in [4.78, 5) is 16.2. The van der Waals surface area contributed by atoms with Crippen molar-refractivity contribution < 1.29 is 13.7 Å². The summed E-state index contributed by atoms with van der Waals surface area (Å²) < 4.78 is 18.3. The second kappa shape index (κ2) is 5.26. The van der Waals surface area contributed by atoms with Crippen LogP contribution in [0.3, 0.4) is 0 Å². The summed E-state index contributed by atoms with van der Waals surface area (Å²) in [5.74, 6) is 1.65. The zero-order valence-electron chi connectivity index (χ0n) is 11.8. The number of hydrogen-bond donors (Lipinski definition) is 0. The predicted molar refractivity (Wildman–Crippen MR) is 77.9 cm³/mol. The van der Waals surface area contributed by atoms with Crippen LogP contribution < -0.4 is 0 Å². The van der Waals surface area contributed by atoms with Gasteiger partial charge in [0, 0.05) is 5.75 Å². The molecule has 1 aromatic carbocycles. The Morgan fingerprint density at radius 1 is 1.33 bits per heavy atom. The molecule has 6 heteroatoms. The number of aromatic nitrogens is 2. The maximum atomic E-state index is 13.0. The van der Waals surface area contributed by atoms with E-state index in [1.165, 1.54) is 12.1 Å². The van der Waals surface area contributed by atoms with Gasteiger partial charge in [0.15, 0.2) is 11.6 Å². The van der Waals surface area contributed by atoms with Crippen molar-refractivity contribution in [2.24, 2.45) is 0 Å². The van der Waals surface area contributed by atoms with Crippen LogP contribution in [0.15, 0.2) is 28.8 Å². The lowest BCUT2D eigenvalue weighted by molar-refractivity contribution is -0.117. The lowest BCUT2D eigenvalue weighted by Gasteiger charge is -2.20. The van der Waals surface area contributed by atoms with E-state index in [1.807, 2.05) is 13.8 Å². The molecule has 4 nitrogen and oxygen atoms in total. The molecule has 0 N–H and O–H groups in total. The van der Waals surface area contributed by atoms with E-state index in [-0.39, 0.29) is 17.5 Å². The Morgan fingerprint density at radius 2 is 2.05 bits per heavy atom. The summed E-state index contributed by atoms with van der Waals surface area (Å²) in [6, 6.07) is 6.24. The van der Waals surface area contributed by atoms with Gasteiger partial charge in [0.2, 0.25) is 5.89 Å². The van der Waals surface area contributed by atoms with E-state index in [0.29, 0.717) is 23.2 Å². The van der Waals surface area contributed by atoms with Gasteiger partial charge in [0.05, 0.1) is 11.2 Å². The fourth-order valence-corrected chi connectivity index (χ4v) is 3.39. The Balaban J connectivity index is 1.91. The van der Waals surface area contributed by atoms with Crippen LogP contribution >= 0.6 is 11.8 Å². The number of carbonyl (C=O) groups excluding carboxylic acids is 1. The zero-order chi connectivity index (χ0) is 15.0. The predicted octanol–water partition coefficient (Wildman–Crippen LogP) is 2.93. The SMILES string of the molecule is CC(C)(c1ccc(F)cc1)c1noc(C2CSCC2=O)n1. The summed E-state index contributed by atoms with van der Waals surface area (Å²) in [5.41, 5.74) is 0.382. The van der Waals surface area contributed by atoms with Crippen LogP contribution in [0.25, 0.3) is 0 Å². The fraction of sp³-hybridized carbons (Fsp3) is 0.400. The van der Waals surface area contributed by atoms with E-state index in [1.54, 1.807) is 23.9 Å². The Hall–Kier alpha value is -1.69. The Bertz CT molecular complexity index is 667. The zero-order valence-corrected chi connectivity index (χ0v) is 12.6. The van der Waals surface area contributed by atoms with Gasteiger partial charge in [-0.2, -0.15) is 16.7 Å². The Morgan fingerprint density at radius 3 is 2.67 bits per heavy atom. The number of halogens is 1. The number of nitrogens with zero attached hydrogens (tertiary/aromatic N) is 2. The van der Waals surface area contributed by atoms with Crippen molar-refractivity contribution in [3.63, 3.8) is 0 Å². The second-order valence-corrected chi connectivity index (χ2v) is 6.65. The molecular formula is C15H15FN2O2S. The third kappa shape index (κ3) is 2.60. The highest BCUT2D eigenvalue weighted by atomic mass is 32.2. The number of carbonyl (C=O) groups is 1. The van der Waals surface area contributed by atoms with Crippen molar-refractivity contribution in [2.45, 2.75) is 25.2 Å². The lowest BCUT2D eigenvalue weighted by Crippen LogP contribution is -2.21. The van der Waals surface area contributed by atoms with E-state index in [4.69, 9.17) is 4.52 Å². The topological polar surface area (TPSA) is 56.0 Å². The molecule has 0 spiro atoms. The highest BCUT2D eigenvalue weighted by molar-refractivity contribution is 8.00. The molecule has 3 rings (SSSR count). The van der Waals surface area contributed by atoms with Gasteiger partial charge >= 0.3 is 0 Å². The molecule has 0 radical (unpaired) electrons. The minimum Gasteiger partial charge on any atom is -0.338 e. The van der Waals surface area contributed by atoms with Gasteiger partial charge in [-0.25, -0.2) is 4.39 Å². The molecule has 110 valence electrons. The normalized spacial score (nSPS) is 19.2. The minimum atomic E-state index is -0.510. The molecule has 1 unspecified atom stereocenters. The molecule has 1 saturated heterocycles. The van der Waals surface area contributed by atoms with Crippen molar-refractivity contribution in [3.8, 4) is 0 Å². The van der Waals surface area contributed by atoms with E-state index in [0.717, 1.165) is 5.56 Å². The summed E-state index contributed by atoms with van der Waals surface area (Å²) in [6.45, 7) is 3.89. The number of Topliss-reactive ketones (excluding diaryl/α,β-unsaturated/α-hetero) is 1. The number of thioether (sulfide) groups is 1. The van der Waals surface area contributed by atoms with Gasteiger partial charge < -0.3 is 4.52 Å². The summed E-state index contributed by atoms with van der Waals surface area (Å²) in [7, 11) is 0. The van der Waals surface area contributed by atoms with Crippen LogP contribution in [0.2, 0.25) is 0 Å². The van der Waals surface area contributed by atoms with Gasteiger partial charge in [-0.3, -0.25) is 4.79 Å². The number of ketones is 1. The second-order valence-electron chi connectivity index (χ2n) is 5.62. The molecule has 2 heterocycles. The van der Waals surface area contributed by atoms with E-state index in [2.05, 4.69) is 10.1 Å². The van der Waals surface area contributed by atoms with Crippen molar-refractivity contribution in [3.05, 3.63) is 47.4 Å². The largest absolute Gasteiger partial charge is 0.338 e. The van der Waals surface area contributed by atoms with Crippen LogP contribution in [0.1, 0.15) is 37.0 Å². The van der Waals surface area contributed by atoms with Gasteiger partial charge in [-0.15, -0.1) is 0 Å². The van der Waals surface area contributed by atoms with E-state index < -0.39 is 5.41 Å². The van der Waals surface area contributed by atoms with Crippen molar-refractivity contribution in [1.29, 1.82) is 0 Å². The number of hydrogen-bond acceptors (Lipinski definition) is 5. The van der Waals surface area contributed by atoms with Crippen LogP contribution in [0.4, 0.5) is 4.39 Å². The number of benzene rings is 1. The van der Waals surface area contributed by atoms with Crippen LogP contribution in [-0.4, -0.2) is 27.4 Å². The standard InChI is InChI=1S/C15H15FN2O2S/c1-15(2,9-3-5-10(16)6-4-9)14-17-13(20-18-14)11-7-21-8-12(11)19/h3-6,11H,7-8H2,1-2H3. The van der Waals surface area contributed by atoms with Crippen LogP contribution in [0.5, 0.6) is 0 Å². The van der Waals surface area contributed by atoms with E-state index >= 15 is 0 Å². The highest BCUT2D eigenvalue weighted by Crippen LogP contribution is 2.33. The maximum Gasteiger partial charge on any atom is 0.238 e. The monoisotopic (exact) mass is 306 g/mol. The molecule has 0 bridgehead atoms. The molecule has 1 aliphatic rings. The summed E-state index contributed by atoms with van der Waals surface area (Å²) in [6.07, 6.45) is 0. The Labute approximate surface area is 126 Å². The van der Waals surface area contributed by atoms with Crippen molar-refractivity contribution >= 4 is 17.5 Å². The van der Waals surface area contributed by atoms with Crippen molar-refractivity contribution in [1.82, 2.24) is 10.1 Å². The third-order valence-electron chi connectivity index (χ3n) is 3.78. The molecule has 2 aromatic rings.